The van der Waals surface area contributed by atoms with Gasteiger partial charge in [0.15, 0.2) is 0 Å². The van der Waals surface area contributed by atoms with Gasteiger partial charge in [-0.05, 0) is 130 Å². The number of carboxylic acid groups (broad SMARTS) is 2. The Bertz CT molecular complexity index is 2600. The lowest BCUT2D eigenvalue weighted by Crippen LogP contribution is -2.07. The number of benzene rings is 3. The monoisotopic (exact) mass is 784 g/mol. The number of aromatic nitrogens is 4. The van der Waals surface area contributed by atoms with Crippen molar-refractivity contribution in [1.82, 2.24) is 19.1 Å². The lowest BCUT2D eigenvalue weighted by atomic mass is 9.96. The average molecular weight is 786 g/mol. The van der Waals surface area contributed by atoms with Gasteiger partial charge in [-0.1, -0.05) is 18.2 Å². The van der Waals surface area contributed by atoms with Gasteiger partial charge in [0.05, 0.1) is 33.5 Å². The molecule has 2 N–H and O–H groups in total. The lowest BCUT2D eigenvalue weighted by molar-refractivity contribution is 0.0684. The number of halogens is 2. The molecule has 10 heteroatoms. The number of rotatable bonds is 9. The number of pyridine rings is 2. The van der Waals surface area contributed by atoms with E-state index in [1.807, 2.05) is 67.6 Å². The molecule has 0 unspecified atom stereocenters. The molecule has 0 radical (unpaired) electrons. The van der Waals surface area contributed by atoms with Gasteiger partial charge in [-0.2, -0.15) is 0 Å². The van der Waals surface area contributed by atoms with Crippen LogP contribution < -0.4 is 0 Å². The quantitative estimate of drug-likeness (QED) is 0.151. The van der Waals surface area contributed by atoms with E-state index in [4.69, 9.17) is 0 Å². The second-order valence-electron chi connectivity index (χ2n) is 14.5. The molecule has 9 rings (SSSR count). The van der Waals surface area contributed by atoms with E-state index >= 15 is 0 Å². The summed E-state index contributed by atoms with van der Waals surface area (Å²) in [7, 11) is 3.94. The summed E-state index contributed by atoms with van der Waals surface area (Å²) in [6.45, 7) is 0. The van der Waals surface area contributed by atoms with Crippen LogP contribution in [0, 0.1) is 5.82 Å². The van der Waals surface area contributed by atoms with Crippen molar-refractivity contribution in [2.75, 3.05) is 0 Å². The van der Waals surface area contributed by atoms with Crippen LogP contribution in [0.15, 0.2) is 102 Å². The van der Waals surface area contributed by atoms with Crippen molar-refractivity contribution >= 4 is 49.7 Å². The SMILES string of the molecule is Cn1ccc2cc(Cc3ncc(C4CC4)cc3C(=O)O)cc(-c3ccccc3F)c21.Cn1ccc2cc(Cc3ncc(C4CC4)cc3C(=O)O)cc(Br)c21. The number of carboxylic acids is 2. The van der Waals surface area contributed by atoms with E-state index < -0.39 is 11.9 Å². The molecular weight excluding hydrogens is 747 g/mol. The van der Waals surface area contributed by atoms with Crippen LogP contribution in [0.5, 0.6) is 0 Å². The zero-order chi connectivity index (χ0) is 37.7. The van der Waals surface area contributed by atoms with Crippen molar-refractivity contribution in [2.45, 2.75) is 50.4 Å². The molecule has 4 aromatic heterocycles. The number of hydrogen-bond acceptors (Lipinski definition) is 4. The fraction of sp³-hybridized carbons (Fsp3) is 0.227. The van der Waals surface area contributed by atoms with Crippen molar-refractivity contribution in [3.8, 4) is 11.1 Å². The molecule has 4 heterocycles. The molecule has 7 aromatic rings. The maximum atomic E-state index is 14.6. The van der Waals surface area contributed by atoms with Gasteiger partial charge >= 0.3 is 11.9 Å². The predicted molar refractivity (Wildman–Crippen MR) is 211 cm³/mol. The van der Waals surface area contributed by atoms with E-state index in [1.165, 1.54) is 6.07 Å². The topological polar surface area (TPSA) is 110 Å². The highest BCUT2D eigenvalue weighted by Gasteiger charge is 2.27. The number of fused-ring (bicyclic) bond motifs is 2. The summed E-state index contributed by atoms with van der Waals surface area (Å²) in [4.78, 5) is 32.5. The number of nitrogens with zero attached hydrogens (tertiary/aromatic N) is 4. The first-order chi connectivity index (χ1) is 26.0. The van der Waals surface area contributed by atoms with Gasteiger partial charge in [0, 0.05) is 78.1 Å². The van der Waals surface area contributed by atoms with Gasteiger partial charge in [0.25, 0.3) is 0 Å². The maximum absolute atomic E-state index is 14.6. The standard InChI is InChI=1S/C25H21FN2O2.C19H17BrN2O2/c1-28-9-8-17-10-15(11-20(24(17)28)19-4-2-3-5-22(19)26)12-23-21(25(29)30)13-18(14-27-23)16-6-7-16;1-22-5-4-13-6-11(7-16(20)18(13)22)8-17-15(19(23)24)9-14(10-21-17)12-2-3-12/h2-5,8-11,13-14,16H,6-7,12H2,1H3,(H,29,30);4-7,9-10,12H,2-3,8H2,1H3,(H,23,24). The Hall–Kier alpha value is -5.61. The van der Waals surface area contributed by atoms with E-state index in [2.05, 4.69) is 42.6 Å². The highest BCUT2D eigenvalue weighted by atomic mass is 79.9. The Labute approximate surface area is 320 Å². The highest BCUT2D eigenvalue weighted by Crippen LogP contribution is 2.41. The molecule has 2 saturated carbocycles. The molecule has 272 valence electrons. The Kier molecular flexibility index (Phi) is 9.39. The fourth-order valence-electron chi connectivity index (χ4n) is 7.38. The molecule has 2 fully saturated rings. The zero-order valence-electron chi connectivity index (χ0n) is 29.9. The summed E-state index contributed by atoms with van der Waals surface area (Å²) < 4.78 is 19.6. The van der Waals surface area contributed by atoms with Crippen molar-refractivity contribution in [2.24, 2.45) is 14.1 Å². The minimum atomic E-state index is -0.963. The minimum Gasteiger partial charge on any atom is -0.478 e. The number of hydrogen-bond donors (Lipinski definition) is 2. The minimum absolute atomic E-state index is 0.250. The van der Waals surface area contributed by atoms with Crippen LogP contribution in [0.1, 0.15) is 91.9 Å². The van der Waals surface area contributed by atoms with E-state index in [9.17, 15) is 24.2 Å². The normalized spacial score (nSPS) is 13.9. The maximum Gasteiger partial charge on any atom is 0.337 e. The second kappa shape index (κ2) is 14.3. The zero-order valence-corrected chi connectivity index (χ0v) is 31.5. The Balaban J connectivity index is 0.000000157. The van der Waals surface area contributed by atoms with Crippen molar-refractivity contribution in [3.05, 3.63) is 153 Å². The van der Waals surface area contributed by atoms with Gasteiger partial charge in [0.1, 0.15) is 5.82 Å². The van der Waals surface area contributed by atoms with Gasteiger partial charge in [-0.3, -0.25) is 9.97 Å². The summed E-state index contributed by atoms with van der Waals surface area (Å²) in [6.07, 6.45) is 13.0. The molecule has 2 aliphatic carbocycles. The van der Waals surface area contributed by atoms with E-state index in [0.29, 0.717) is 47.2 Å². The first-order valence-corrected chi connectivity index (χ1v) is 18.8. The van der Waals surface area contributed by atoms with Crippen LogP contribution >= 0.6 is 15.9 Å². The molecule has 2 aliphatic rings. The Morgan fingerprint density at radius 3 is 1.72 bits per heavy atom. The fourth-order valence-corrected chi connectivity index (χ4v) is 8.18. The van der Waals surface area contributed by atoms with Gasteiger partial charge < -0.3 is 19.3 Å². The molecule has 54 heavy (non-hydrogen) atoms. The summed E-state index contributed by atoms with van der Waals surface area (Å²) >= 11 is 3.62. The smallest absolute Gasteiger partial charge is 0.337 e. The summed E-state index contributed by atoms with van der Waals surface area (Å²) in [5.74, 6) is -1.21. The third-order valence-electron chi connectivity index (χ3n) is 10.5. The molecule has 0 aliphatic heterocycles. The second-order valence-corrected chi connectivity index (χ2v) is 15.3. The van der Waals surface area contributed by atoms with E-state index in [1.54, 1.807) is 30.5 Å². The Morgan fingerprint density at radius 1 is 0.704 bits per heavy atom. The number of aryl methyl sites for hydroxylation is 2. The van der Waals surface area contributed by atoms with E-state index in [0.717, 1.165) is 79.8 Å². The summed E-state index contributed by atoms with van der Waals surface area (Å²) in [6, 6.07) is 22.5. The third-order valence-corrected chi connectivity index (χ3v) is 11.1. The predicted octanol–water partition coefficient (Wildman–Crippen LogP) is 10.0. The van der Waals surface area contributed by atoms with Gasteiger partial charge in [0.2, 0.25) is 0 Å². The van der Waals surface area contributed by atoms with E-state index in [-0.39, 0.29) is 11.4 Å². The summed E-state index contributed by atoms with van der Waals surface area (Å²) in [5, 5.41) is 21.4. The van der Waals surface area contributed by atoms with Crippen molar-refractivity contribution < 1.29 is 24.2 Å². The largest absolute Gasteiger partial charge is 0.478 e. The number of aromatic carboxylic acids is 2. The van der Waals surface area contributed by atoms with Crippen LogP contribution in [0.25, 0.3) is 32.9 Å². The third kappa shape index (κ3) is 7.18. The van der Waals surface area contributed by atoms with Gasteiger partial charge in [-0.25, -0.2) is 14.0 Å². The first kappa shape index (κ1) is 35.4. The van der Waals surface area contributed by atoms with Gasteiger partial charge in [-0.15, -0.1) is 0 Å². The molecule has 8 nitrogen and oxygen atoms in total. The van der Waals surface area contributed by atoms with Crippen molar-refractivity contribution in [1.29, 1.82) is 0 Å². The van der Waals surface area contributed by atoms with Crippen LogP contribution in [-0.2, 0) is 26.9 Å². The van der Waals surface area contributed by atoms with Crippen LogP contribution in [0.4, 0.5) is 4.39 Å². The Morgan fingerprint density at radius 2 is 1.20 bits per heavy atom. The molecule has 0 saturated heterocycles. The molecule has 0 atom stereocenters. The summed E-state index contributed by atoms with van der Waals surface area (Å²) in [5.41, 5.74) is 9.13. The molecule has 3 aromatic carbocycles. The average Bonchev–Trinajstić information content (AvgIpc) is 4.09. The highest BCUT2D eigenvalue weighted by molar-refractivity contribution is 9.10. The number of carbonyl (C=O) groups is 2. The van der Waals surface area contributed by atoms with Crippen LogP contribution in [-0.4, -0.2) is 41.3 Å². The lowest BCUT2D eigenvalue weighted by Gasteiger charge is -2.12. The molecule has 0 spiro atoms. The molecule has 0 bridgehead atoms. The molecule has 0 amide bonds. The van der Waals surface area contributed by atoms with Crippen LogP contribution in [0.2, 0.25) is 0 Å². The molecular formula is C44H38BrFN4O4. The first-order valence-electron chi connectivity index (χ1n) is 18.0. The van der Waals surface area contributed by atoms with Crippen LogP contribution in [0.3, 0.4) is 0 Å². The van der Waals surface area contributed by atoms with Crippen molar-refractivity contribution in [3.63, 3.8) is 0 Å².